The van der Waals surface area contributed by atoms with E-state index in [-0.39, 0.29) is 0 Å². The smallest absolute Gasteiger partial charge is 0.120 e. The highest BCUT2D eigenvalue weighted by atomic mass is 79.9. The fraction of sp³-hybridized carbons (Fsp3) is 0.167. The summed E-state index contributed by atoms with van der Waals surface area (Å²) in [6.45, 7) is 0. The molecule has 0 aliphatic heterocycles. The lowest BCUT2D eigenvalue weighted by molar-refractivity contribution is 0.926. The summed E-state index contributed by atoms with van der Waals surface area (Å²) in [5.74, 6) is 0. The first kappa shape index (κ1) is 9.20. The van der Waals surface area contributed by atoms with Crippen LogP contribution in [0.5, 0.6) is 0 Å². The molecule has 2 nitrogen and oxygen atoms in total. The van der Waals surface area contributed by atoms with E-state index in [1.165, 1.54) is 11.3 Å². The van der Waals surface area contributed by atoms with E-state index in [1.807, 2.05) is 11.4 Å². The Bertz CT molecular complexity index is 302. The van der Waals surface area contributed by atoms with Gasteiger partial charge in [-0.25, -0.2) is 0 Å². The number of nitrogens with two attached hydrogens (primary N) is 1. The molecule has 0 aromatic carbocycles. The Kier molecular flexibility index (Phi) is 3.07. The van der Waals surface area contributed by atoms with Gasteiger partial charge in [-0.15, -0.1) is 11.3 Å². The summed E-state index contributed by atoms with van der Waals surface area (Å²) in [6.07, 6.45) is 0. The van der Waals surface area contributed by atoms with Gasteiger partial charge in [0.1, 0.15) is 6.04 Å². The fourth-order valence-electron chi connectivity index (χ4n) is 0.612. The molecule has 0 bridgehead atoms. The van der Waals surface area contributed by atoms with Gasteiger partial charge in [0.2, 0.25) is 0 Å². The lowest BCUT2D eigenvalue weighted by Crippen LogP contribution is -2.06. The molecular weight excluding hydrogens is 292 g/mol. The number of nitriles is 1. The zero-order chi connectivity index (χ0) is 8.43. The van der Waals surface area contributed by atoms with Crippen LogP contribution in [0.1, 0.15) is 11.6 Å². The first-order valence-electron chi connectivity index (χ1n) is 2.74. The average molecular weight is 296 g/mol. The minimum absolute atomic E-state index is 0.535. The minimum atomic E-state index is -0.535. The monoisotopic (exact) mass is 294 g/mol. The molecule has 0 saturated heterocycles. The summed E-state index contributed by atoms with van der Waals surface area (Å²) >= 11 is 8.16. The van der Waals surface area contributed by atoms with Crippen LogP contribution in [0.3, 0.4) is 0 Å². The summed E-state index contributed by atoms with van der Waals surface area (Å²) in [4.78, 5) is 0. The highest BCUT2D eigenvalue weighted by Crippen LogP contribution is 2.35. The van der Waals surface area contributed by atoms with Crippen LogP contribution in [0.15, 0.2) is 13.6 Å². The number of rotatable bonds is 1. The zero-order valence-corrected chi connectivity index (χ0v) is 9.33. The maximum absolute atomic E-state index is 8.52. The van der Waals surface area contributed by atoms with Crippen molar-refractivity contribution < 1.29 is 0 Å². The number of hydrogen-bond acceptors (Lipinski definition) is 3. The molecule has 1 atom stereocenters. The van der Waals surface area contributed by atoms with E-state index in [0.717, 1.165) is 13.8 Å². The van der Waals surface area contributed by atoms with Crippen molar-refractivity contribution in [2.45, 2.75) is 6.04 Å². The van der Waals surface area contributed by atoms with Crippen LogP contribution in [0, 0.1) is 11.3 Å². The number of halogens is 2. The number of nitrogens with zero attached hydrogens (tertiary/aromatic N) is 1. The third kappa shape index (κ3) is 1.82. The van der Waals surface area contributed by atoms with Crippen LogP contribution in [0.2, 0.25) is 0 Å². The van der Waals surface area contributed by atoms with E-state index >= 15 is 0 Å². The second kappa shape index (κ2) is 3.68. The predicted molar refractivity (Wildman–Crippen MR) is 52.3 cm³/mol. The summed E-state index contributed by atoms with van der Waals surface area (Å²) in [7, 11) is 0. The summed E-state index contributed by atoms with van der Waals surface area (Å²) in [6, 6.07) is 1.43. The molecule has 0 fully saturated rings. The predicted octanol–water partition coefficient (Wildman–Crippen LogP) is 2.80. The van der Waals surface area contributed by atoms with Crippen molar-refractivity contribution in [2.75, 3.05) is 0 Å². The van der Waals surface area contributed by atoms with Crippen molar-refractivity contribution in [3.05, 3.63) is 19.2 Å². The van der Waals surface area contributed by atoms with Crippen LogP contribution < -0.4 is 5.73 Å². The molecule has 1 aromatic heterocycles. The van der Waals surface area contributed by atoms with Gasteiger partial charge in [0.15, 0.2) is 0 Å². The van der Waals surface area contributed by atoms with E-state index in [0.29, 0.717) is 0 Å². The first-order valence-corrected chi connectivity index (χ1v) is 5.21. The molecule has 1 unspecified atom stereocenters. The molecule has 2 N–H and O–H groups in total. The topological polar surface area (TPSA) is 49.8 Å². The normalized spacial score (nSPS) is 12.5. The third-order valence-electron chi connectivity index (χ3n) is 1.19. The Labute approximate surface area is 85.3 Å². The van der Waals surface area contributed by atoms with Gasteiger partial charge in [0.25, 0.3) is 0 Å². The van der Waals surface area contributed by atoms with Gasteiger partial charge in [-0.2, -0.15) is 5.26 Å². The molecule has 58 valence electrons. The van der Waals surface area contributed by atoms with E-state index < -0.39 is 6.04 Å². The molecule has 0 saturated carbocycles. The van der Waals surface area contributed by atoms with Gasteiger partial charge in [-0.1, -0.05) is 0 Å². The molecule has 5 heteroatoms. The van der Waals surface area contributed by atoms with Crippen LogP contribution in [0.25, 0.3) is 0 Å². The lowest BCUT2D eigenvalue weighted by atomic mass is 10.2. The summed E-state index contributed by atoms with van der Waals surface area (Å²) in [5.41, 5.74) is 6.34. The van der Waals surface area contributed by atoms with Crippen LogP contribution >= 0.6 is 43.2 Å². The molecule has 0 spiro atoms. The number of hydrogen-bond donors (Lipinski definition) is 1. The molecule has 0 aliphatic rings. The van der Waals surface area contributed by atoms with Crippen molar-refractivity contribution in [2.24, 2.45) is 5.73 Å². The molecule has 1 heterocycles. The maximum Gasteiger partial charge on any atom is 0.120 e. The first-order chi connectivity index (χ1) is 5.16. The highest BCUT2D eigenvalue weighted by Gasteiger charge is 2.12. The van der Waals surface area contributed by atoms with Gasteiger partial charge in [-0.05, 0) is 37.2 Å². The Morgan fingerprint density at radius 3 is 2.64 bits per heavy atom. The van der Waals surface area contributed by atoms with Gasteiger partial charge < -0.3 is 5.73 Å². The standard InChI is InChI=1S/C6H4Br2N2S/c7-5-3(4(10)1-9)2-11-6(5)8/h2,4H,10H2. The fourth-order valence-corrected chi connectivity index (χ4v) is 2.63. The third-order valence-corrected chi connectivity index (χ3v) is 4.58. The average Bonchev–Trinajstić information content (AvgIpc) is 2.32. The maximum atomic E-state index is 8.52. The second-order valence-electron chi connectivity index (χ2n) is 1.89. The Hall–Kier alpha value is 0.110. The van der Waals surface area contributed by atoms with Gasteiger partial charge in [0, 0.05) is 10.0 Å². The molecule has 0 radical (unpaired) electrons. The van der Waals surface area contributed by atoms with Crippen LogP contribution in [-0.4, -0.2) is 0 Å². The van der Waals surface area contributed by atoms with Gasteiger partial charge in [0.05, 0.1) is 9.86 Å². The zero-order valence-electron chi connectivity index (χ0n) is 5.34. The van der Waals surface area contributed by atoms with Crippen molar-refractivity contribution in [3.63, 3.8) is 0 Å². The second-order valence-corrected chi connectivity index (χ2v) is 4.88. The molecular formula is C6H4Br2N2S. The van der Waals surface area contributed by atoms with Crippen LogP contribution in [-0.2, 0) is 0 Å². The molecule has 0 amide bonds. The minimum Gasteiger partial charge on any atom is -0.312 e. The lowest BCUT2D eigenvalue weighted by Gasteiger charge is -1.98. The summed E-state index contributed by atoms with van der Waals surface area (Å²) in [5, 5.41) is 10.4. The van der Waals surface area contributed by atoms with E-state index in [2.05, 4.69) is 31.9 Å². The molecule has 11 heavy (non-hydrogen) atoms. The van der Waals surface area contributed by atoms with E-state index in [1.54, 1.807) is 0 Å². The molecule has 1 aromatic rings. The van der Waals surface area contributed by atoms with Crippen molar-refractivity contribution >= 4 is 43.2 Å². The SMILES string of the molecule is N#CC(N)c1csc(Br)c1Br. The van der Waals surface area contributed by atoms with Gasteiger partial charge in [-0.3, -0.25) is 0 Å². The van der Waals surface area contributed by atoms with Crippen molar-refractivity contribution in [1.29, 1.82) is 5.26 Å². The quantitative estimate of drug-likeness (QED) is 0.866. The Morgan fingerprint density at radius 1 is 1.64 bits per heavy atom. The van der Waals surface area contributed by atoms with Gasteiger partial charge >= 0.3 is 0 Å². The van der Waals surface area contributed by atoms with Crippen LogP contribution in [0.4, 0.5) is 0 Å². The molecule has 1 rings (SSSR count). The Morgan fingerprint density at radius 2 is 2.27 bits per heavy atom. The molecule has 0 aliphatic carbocycles. The van der Waals surface area contributed by atoms with Crippen molar-refractivity contribution in [1.82, 2.24) is 0 Å². The highest BCUT2D eigenvalue weighted by molar-refractivity contribution is 9.13. The van der Waals surface area contributed by atoms with E-state index in [9.17, 15) is 0 Å². The Balaban J connectivity index is 3.07. The summed E-state index contributed by atoms with van der Waals surface area (Å²) < 4.78 is 1.86. The largest absolute Gasteiger partial charge is 0.312 e. The number of thiophene rings is 1. The van der Waals surface area contributed by atoms with Crippen molar-refractivity contribution in [3.8, 4) is 6.07 Å². The van der Waals surface area contributed by atoms with E-state index in [4.69, 9.17) is 11.0 Å².